The molecule has 0 amide bonds. The van der Waals surface area contributed by atoms with Crippen LogP contribution in [-0.2, 0) is 6.42 Å². The van der Waals surface area contributed by atoms with E-state index in [1.165, 1.54) is 0 Å². The molecular weight excluding hydrogens is 294 g/mol. The van der Waals surface area contributed by atoms with Crippen LogP contribution in [0.2, 0.25) is 0 Å². The lowest BCUT2D eigenvalue weighted by Crippen LogP contribution is -2.26. The fraction of sp³-hybridized carbons (Fsp3) is 0.294. The molecule has 23 heavy (non-hydrogen) atoms. The van der Waals surface area contributed by atoms with Gasteiger partial charge in [0.1, 0.15) is 12.4 Å². The van der Waals surface area contributed by atoms with Crippen LogP contribution in [0.5, 0.6) is 5.75 Å². The standard InChI is InChI=1S/C17H21N3O3/c1-19(12-13-23-17-8-4-15(18)5-9-17)11-10-14-2-6-16(7-3-14)20(21)22/h2-9H,10-13,18H2,1H3. The van der Waals surface area contributed by atoms with Gasteiger partial charge in [-0.05, 0) is 43.3 Å². The monoisotopic (exact) mass is 315 g/mol. The summed E-state index contributed by atoms with van der Waals surface area (Å²) in [7, 11) is 2.03. The lowest BCUT2D eigenvalue weighted by molar-refractivity contribution is -0.384. The zero-order valence-electron chi connectivity index (χ0n) is 13.1. The topological polar surface area (TPSA) is 81.6 Å². The van der Waals surface area contributed by atoms with Crippen LogP contribution in [0.3, 0.4) is 0 Å². The summed E-state index contributed by atoms with van der Waals surface area (Å²) in [6.45, 7) is 2.26. The van der Waals surface area contributed by atoms with Crippen LogP contribution in [-0.4, -0.2) is 36.6 Å². The third-order valence-corrected chi connectivity index (χ3v) is 3.55. The lowest BCUT2D eigenvalue weighted by atomic mass is 10.1. The van der Waals surface area contributed by atoms with Crippen molar-refractivity contribution in [2.24, 2.45) is 0 Å². The predicted octanol–water partition coefficient (Wildman–Crippen LogP) is 2.73. The summed E-state index contributed by atoms with van der Waals surface area (Å²) >= 11 is 0. The summed E-state index contributed by atoms with van der Waals surface area (Å²) in [5, 5.41) is 10.6. The van der Waals surface area contributed by atoms with Crippen molar-refractivity contribution in [1.82, 2.24) is 4.90 Å². The van der Waals surface area contributed by atoms with Gasteiger partial charge in [-0.3, -0.25) is 10.1 Å². The van der Waals surface area contributed by atoms with Gasteiger partial charge in [-0.1, -0.05) is 12.1 Å². The van der Waals surface area contributed by atoms with Crippen molar-refractivity contribution >= 4 is 11.4 Å². The van der Waals surface area contributed by atoms with Gasteiger partial charge >= 0.3 is 0 Å². The molecule has 2 rings (SSSR count). The molecule has 0 bridgehead atoms. The summed E-state index contributed by atoms with van der Waals surface area (Å²) in [5.41, 5.74) is 7.55. The maximum absolute atomic E-state index is 10.6. The van der Waals surface area contributed by atoms with E-state index in [9.17, 15) is 10.1 Å². The van der Waals surface area contributed by atoms with Gasteiger partial charge in [0.05, 0.1) is 4.92 Å². The van der Waals surface area contributed by atoms with Crippen molar-refractivity contribution in [2.75, 3.05) is 32.5 Å². The molecular formula is C17H21N3O3. The number of nitro benzene ring substituents is 1. The average molecular weight is 315 g/mol. The first kappa shape index (κ1) is 16.8. The smallest absolute Gasteiger partial charge is 0.269 e. The summed E-state index contributed by atoms with van der Waals surface area (Å²) in [5.74, 6) is 0.808. The zero-order chi connectivity index (χ0) is 16.7. The Kier molecular flexibility index (Phi) is 5.94. The minimum absolute atomic E-state index is 0.124. The number of nitrogens with two attached hydrogens (primary N) is 1. The highest BCUT2D eigenvalue weighted by Crippen LogP contribution is 2.13. The predicted molar refractivity (Wildman–Crippen MR) is 90.6 cm³/mol. The van der Waals surface area contributed by atoms with E-state index in [1.807, 2.05) is 31.3 Å². The Balaban J connectivity index is 1.69. The molecule has 0 aromatic heterocycles. The highest BCUT2D eigenvalue weighted by atomic mass is 16.6. The van der Waals surface area contributed by atoms with E-state index < -0.39 is 0 Å². The number of nitrogens with zero attached hydrogens (tertiary/aromatic N) is 2. The van der Waals surface area contributed by atoms with E-state index in [0.29, 0.717) is 6.61 Å². The van der Waals surface area contributed by atoms with E-state index >= 15 is 0 Å². The molecule has 0 aliphatic heterocycles. The number of nitro groups is 1. The number of likely N-dealkylation sites (N-methyl/N-ethyl adjacent to an activating group) is 1. The first-order valence-corrected chi connectivity index (χ1v) is 7.45. The van der Waals surface area contributed by atoms with Crippen molar-refractivity contribution in [3.8, 4) is 5.75 Å². The second-order valence-electron chi connectivity index (χ2n) is 5.39. The molecule has 0 saturated carbocycles. The molecule has 122 valence electrons. The fourth-order valence-corrected chi connectivity index (χ4v) is 2.10. The molecule has 6 nitrogen and oxygen atoms in total. The molecule has 0 heterocycles. The average Bonchev–Trinajstić information content (AvgIpc) is 2.55. The number of rotatable bonds is 8. The van der Waals surface area contributed by atoms with Crippen LogP contribution in [0.4, 0.5) is 11.4 Å². The van der Waals surface area contributed by atoms with Crippen LogP contribution < -0.4 is 10.5 Å². The van der Waals surface area contributed by atoms with E-state index in [1.54, 1.807) is 24.3 Å². The molecule has 2 N–H and O–H groups in total. The van der Waals surface area contributed by atoms with Gasteiger partial charge in [0.15, 0.2) is 0 Å². The molecule has 0 atom stereocenters. The number of non-ortho nitro benzene ring substituents is 1. The summed E-state index contributed by atoms with van der Waals surface area (Å²) < 4.78 is 5.65. The van der Waals surface area contributed by atoms with Crippen molar-refractivity contribution in [1.29, 1.82) is 0 Å². The van der Waals surface area contributed by atoms with Gasteiger partial charge in [-0.2, -0.15) is 0 Å². The van der Waals surface area contributed by atoms with E-state index in [-0.39, 0.29) is 10.6 Å². The number of hydrogen-bond acceptors (Lipinski definition) is 5. The van der Waals surface area contributed by atoms with Crippen LogP contribution in [0.15, 0.2) is 48.5 Å². The maximum Gasteiger partial charge on any atom is 0.269 e. The Hall–Kier alpha value is -2.60. The van der Waals surface area contributed by atoms with Crippen molar-refractivity contribution in [3.05, 3.63) is 64.2 Å². The molecule has 0 unspecified atom stereocenters. The van der Waals surface area contributed by atoms with Crippen LogP contribution in [0, 0.1) is 10.1 Å². The molecule has 0 radical (unpaired) electrons. The largest absolute Gasteiger partial charge is 0.492 e. The summed E-state index contributed by atoms with van der Waals surface area (Å²) in [6.07, 6.45) is 0.844. The van der Waals surface area contributed by atoms with E-state index in [0.717, 1.165) is 36.5 Å². The molecule has 0 spiro atoms. The second kappa shape index (κ2) is 8.14. The van der Waals surface area contributed by atoms with Crippen molar-refractivity contribution in [2.45, 2.75) is 6.42 Å². The Morgan fingerprint density at radius 3 is 2.35 bits per heavy atom. The minimum atomic E-state index is -0.384. The number of benzene rings is 2. The van der Waals surface area contributed by atoms with Gasteiger partial charge < -0.3 is 15.4 Å². The molecule has 0 fully saturated rings. The Morgan fingerprint density at radius 2 is 1.74 bits per heavy atom. The fourth-order valence-electron chi connectivity index (χ4n) is 2.10. The Bertz CT molecular complexity index is 627. The highest BCUT2D eigenvalue weighted by molar-refractivity contribution is 5.41. The van der Waals surface area contributed by atoms with Gasteiger partial charge in [0, 0.05) is 30.9 Å². The van der Waals surface area contributed by atoms with Gasteiger partial charge in [0.25, 0.3) is 5.69 Å². The Morgan fingerprint density at radius 1 is 1.09 bits per heavy atom. The lowest BCUT2D eigenvalue weighted by Gasteiger charge is -2.17. The van der Waals surface area contributed by atoms with Crippen LogP contribution >= 0.6 is 0 Å². The minimum Gasteiger partial charge on any atom is -0.492 e. The van der Waals surface area contributed by atoms with Crippen molar-refractivity contribution < 1.29 is 9.66 Å². The summed E-state index contributed by atoms with van der Waals surface area (Å²) in [4.78, 5) is 12.4. The second-order valence-corrected chi connectivity index (χ2v) is 5.39. The first-order chi connectivity index (χ1) is 11.0. The van der Waals surface area contributed by atoms with E-state index in [2.05, 4.69) is 4.90 Å². The van der Waals surface area contributed by atoms with E-state index in [4.69, 9.17) is 10.5 Å². The quantitative estimate of drug-likeness (QED) is 0.460. The zero-order valence-corrected chi connectivity index (χ0v) is 13.1. The molecule has 2 aromatic carbocycles. The van der Waals surface area contributed by atoms with Crippen LogP contribution in [0.25, 0.3) is 0 Å². The molecule has 0 aliphatic rings. The normalized spacial score (nSPS) is 10.7. The summed E-state index contributed by atoms with van der Waals surface area (Å²) in [6, 6.07) is 14.0. The maximum atomic E-state index is 10.6. The molecule has 0 aliphatic carbocycles. The SMILES string of the molecule is CN(CCOc1ccc(N)cc1)CCc1ccc([N+](=O)[O-])cc1. The van der Waals surface area contributed by atoms with Gasteiger partial charge in [-0.25, -0.2) is 0 Å². The Labute approximate surface area is 135 Å². The molecule has 6 heteroatoms. The third-order valence-electron chi connectivity index (χ3n) is 3.55. The van der Waals surface area contributed by atoms with Gasteiger partial charge in [0.2, 0.25) is 0 Å². The van der Waals surface area contributed by atoms with Crippen molar-refractivity contribution in [3.63, 3.8) is 0 Å². The number of anilines is 1. The number of ether oxygens (including phenoxy) is 1. The van der Waals surface area contributed by atoms with Crippen LogP contribution in [0.1, 0.15) is 5.56 Å². The molecule has 2 aromatic rings. The first-order valence-electron chi connectivity index (χ1n) is 7.45. The van der Waals surface area contributed by atoms with Gasteiger partial charge in [-0.15, -0.1) is 0 Å². The number of hydrogen-bond donors (Lipinski definition) is 1. The third kappa shape index (κ3) is 5.60. The molecule has 0 saturated heterocycles. The number of nitrogen functional groups attached to an aromatic ring is 1. The highest BCUT2D eigenvalue weighted by Gasteiger charge is 2.05.